The molecule has 0 N–H and O–H groups in total. The van der Waals surface area contributed by atoms with Crippen LogP contribution in [0.15, 0.2) is 47.4 Å². The van der Waals surface area contributed by atoms with E-state index in [1.165, 1.54) is 11.8 Å². The lowest BCUT2D eigenvalue weighted by atomic mass is 10.1. The van der Waals surface area contributed by atoms with Gasteiger partial charge in [0.25, 0.3) is 0 Å². The summed E-state index contributed by atoms with van der Waals surface area (Å²) in [5.74, 6) is 0.157. The molecule has 0 bridgehead atoms. The van der Waals surface area contributed by atoms with Gasteiger partial charge in [0.1, 0.15) is 6.61 Å². The predicted octanol–water partition coefficient (Wildman–Crippen LogP) is 4.81. The Morgan fingerprint density at radius 1 is 1.18 bits per heavy atom. The monoisotopic (exact) mass is 351 g/mol. The molecule has 0 aliphatic heterocycles. The van der Waals surface area contributed by atoms with Crippen molar-refractivity contribution >= 4 is 40.9 Å². The van der Waals surface area contributed by atoms with Crippen LogP contribution >= 0.6 is 35.0 Å². The van der Waals surface area contributed by atoms with Gasteiger partial charge in [0, 0.05) is 15.7 Å². The van der Waals surface area contributed by atoms with E-state index in [1.807, 2.05) is 6.07 Å². The van der Waals surface area contributed by atoms with E-state index in [9.17, 15) is 4.79 Å². The van der Waals surface area contributed by atoms with Crippen molar-refractivity contribution in [1.82, 2.24) is 0 Å². The Labute approximate surface area is 142 Å². The Morgan fingerprint density at radius 3 is 2.59 bits per heavy atom. The van der Waals surface area contributed by atoms with Gasteiger partial charge in [0.15, 0.2) is 0 Å². The number of ether oxygens (including phenoxy) is 1. The number of carbonyl (C=O) groups is 1. The van der Waals surface area contributed by atoms with Gasteiger partial charge in [-0.25, -0.2) is 4.79 Å². The Bertz CT molecular complexity index is 711. The van der Waals surface area contributed by atoms with Gasteiger partial charge < -0.3 is 4.74 Å². The molecule has 0 aromatic heterocycles. The van der Waals surface area contributed by atoms with Gasteiger partial charge >= 0.3 is 5.97 Å². The summed E-state index contributed by atoms with van der Waals surface area (Å²) < 4.78 is 5.17. The average molecular weight is 352 g/mol. The first-order chi connectivity index (χ1) is 10.6. The van der Waals surface area contributed by atoms with Crippen LogP contribution in [0.2, 0.25) is 10.0 Å². The van der Waals surface area contributed by atoms with E-state index in [1.54, 1.807) is 42.5 Å². The zero-order chi connectivity index (χ0) is 15.9. The molecule has 0 heterocycles. The summed E-state index contributed by atoms with van der Waals surface area (Å²) in [6.07, 6.45) is 0. The fraction of sp³-hybridized carbons (Fsp3) is 0.125. The predicted molar refractivity (Wildman–Crippen MR) is 88.6 cm³/mol. The normalized spacial score (nSPS) is 10.0. The molecule has 0 fully saturated rings. The van der Waals surface area contributed by atoms with Crippen molar-refractivity contribution in [1.29, 1.82) is 5.26 Å². The van der Waals surface area contributed by atoms with Gasteiger partial charge in [-0.2, -0.15) is 5.26 Å². The fourth-order valence-electron chi connectivity index (χ4n) is 1.64. The Hall–Kier alpha value is -1.67. The third-order valence-electron chi connectivity index (χ3n) is 2.72. The van der Waals surface area contributed by atoms with Crippen LogP contribution in [0.3, 0.4) is 0 Å². The molecule has 2 aromatic rings. The Kier molecular flexibility index (Phi) is 6.14. The minimum Gasteiger partial charge on any atom is -0.461 e. The molecule has 112 valence electrons. The summed E-state index contributed by atoms with van der Waals surface area (Å²) in [5.41, 5.74) is 0.924. The van der Waals surface area contributed by atoms with Gasteiger partial charge in [-0.05, 0) is 42.5 Å². The lowest BCUT2D eigenvalue weighted by Crippen LogP contribution is -2.07. The summed E-state index contributed by atoms with van der Waals surface area (Å²) >= 11 is 13.4. The highest BCUT2D eigenvalue weighted by Crippen LogP contribution is 2.29. The maximum absolute atomic E-state index is 11.8. The van der Waals surface area contributed by atoms with Crippen LogP contribution in [0.25, 0.3) is 0 Å². The van der Waals surface area contributed by atoms with Crippen molar-refractivity contribution in [2.45, 2.75) is 4.90 Å². The summed E-state index contributed by atoms with van der Waals surface area (Å²) in [6.45, 7) is 0.256. The highest BCUT2D eigenvalue weighted by Gasteiger charge is 2.07. The molecule has 0 atom stereocenters. The molecule has 2 rings (SSSR count). The molecule has 0 aliphatic rings. The van der Waals surface area contributed by atoms with E-state index in [0.29, 0.717) is 26.9 Å². The SMILES string of the molecule is N#Cc1ccc(C(=O)OCCSc2cc(Cl)ccc2Cl)cc1. The van der Waals surface area contributed by atoms with Crippen LogP contribution in [0, 0.1) is 11.3 Å². The zero-order valence-corrected chi connectivity index (χ0v) is 13.7. The van der Waals surface area contributed by atoms with Crippen molar-refractivity contribution in [3.63, 3.8) is 0 Å². The lowest BCUT2D eigenvalue weighted by molar-refractivity contribution is 0.0530. The Morgan fingerprint density at radius 2 is 1.91 bits per heavy atom. The van der Waals surface area contributed by atoms with Crippen LogP contribution in [-0.4, -0.2) is 18.3 Å². The average Bonchev–Trinajstić information content (AvgIpc) is 2.54. The number of rotatable bonds is 5. The van der Waals surface area contributed by atoms with Crippen LogP contribution < -0.4 is 0 Å². The highest BCUT2D eigenvalue weighted by atomic mass is 35.5. The minimum absolute atomic E-state index is 0.256. The summed E-state index contributed by atoms with van der Waals surface area (Å²) in [5, 5.41) is 9.93. The van der Waals surface area contributed by atoms with E-state index in [0.717, 1.165) is 4.90 Å². The van der Waals surface area contributed by atoms with Crippen LogP contribution in [-0.2, 0) is 4.74 Å². The topological polar surface area (TPSA) is 50.1 Å². The number of carbonyl (C=O) groups excluding carboxylic acids is 1. The molecule has 0 saturated heterocycles. The largest absolute Gasteiger partial charge is 0.461 e. The summed E-state index contributed by atoms with van der Waals surface area (Å²) in [4.78, 5) is 12.7. The van der Waals surface area contributed by atoms with E-state index >= 15 is 0 Å². The zero-order valence-electron chi connectivity index (χ0n) is 11.4. The summed E-state index contributed by atoms with van der Waals surface area (Å²) in [7, 11) is 0. The van der Waals surface area contributed by atoms with Crippen molar-refractivity contribution in [2.24, 2.45) is 0 Å². The van der Waals surface area contributed by atoms with Crippen LogP contribution in [0.4, 0.5) is 0 Å². The number of nitrogens with zero attached hydrogens (tertiary/aromatic N) is 1. The standard InChI is InChI=1S/C16H11Cl2NO2S/c17-13-5-6-14(18)15(9-13)22-8-7-21-16(20)12-3-1-11(10-19)2-4-12/h1-6,9H,7-8H2. The molecule has 2 aromatic carbocycles. The van der Waals surface area contributed by atoms with E-state index in [2.05, 4.69) is 0 Å². The number of thioether (sulfide) groups is 1. The van der Waals surface area contributed by atoms with Crippen molar-refractivity contribution in [3.05, 3.63) is 63.6 Å². The van der Waals surface area contributed by atoms with E-state index in [4.69, 9.17) is 33.2 Å². The molecule has 0 amide bonds. The molecule has 0 unspecified atom stereocenters. The molecule has 3 nitrogen and oxygen atoms in total. The Balaban J connectivity index is 1.82. The van der Waals surface area contributed by atoms with E-state index in [-0.39, 0.29) is 6.61 Å². The van der Waals surface area contributed by atoms with Gasteiger partial charge in [0.05, 0.1) is 22.2 Å². The molecule has 0 aliphatic carbocycles. The molecule has 0 radical (unpaired) electrons. The molecule has 6 heteroatoms. The first-order valence-corrected chi connectivity index (χ1v) is 8.09. The first kappa shape index (κ1) is 16.7. The molecular weight excluding hydrogens is 341 g/mol. The number of halogens is 2. The highest BCUT2D eigenvalue weighted by molar-refractivity contribution is 7.99. The molecule has 22 heavy (non-hydrogen) atoms. The molecular formula is C16H11Cl2NO2S. The number of nitriles is 1. The van der Waals surface area contributed by atoms with Crippen molar-refractivity contribution in [3.8, 4) is 6.07 Å². The van der Waals surface area contributed by atoms with Gasteiger partial charge in [-0.3, -0.25) is 0 Å². The third-order valence-corrected chi connectivity index (χ3v) is 4.41. The van der Waals surface area contributed by atoms with E-state index < -0.39 is 5.97 Å². The lowest BCUT2D eigenvalue weighted by Gasteiger charge is -2.06. The van der Waals surface area contributed by atoms with Crippen LogP contribution in [0.1, 0.15) is 15.9 Å². The fourth-order valence-corrected chi connectivity index (χ4v) is 2.96. The number of esters is 1. The molecule has 0 spiro atoms. The maximum atomic E-state index is 11.8. The van der Waals surface area contributed by atoms with Gasteiger partial charge in [0.2, 0.25) is 0 Å². The second-order valence-corrected chi connectivity index (χ2v) is 6.23. The third kappa shape index (κ3) is 4.67. The minimum atomic E-state index is -0.415. The first-order valence-electron chi connectivity index (χ1n) is 6.35. The summed E-state index contributed by atoms with van der Waals surface area (Å²) in [6, 6.07) is 13.5. The van der Waals surface area contributed by atoms with Crippen molar-refractivity contribution < 1.29 is 9.53 Å². The van der Waals surface area contributed by atoms with Gasteiger partial charge in [-0.15, -0.1) is 11.8 Å². The second-order valence-electron chi connectivity index (χ2n) is 4.25. The smallest absolute Gasteiger partial charge is 0.338 e. The van der Waals surface area contributed by atoms with Crippen molar-refractivity contribution in [2.75, 3.05) is 12.4 Å². The maximum Gasteiger partial charge on any atom is 0.338 e. The number of hydrogen-bond acceptors (Lipinski definition) is 4. The number of benzene rings is 2. The molecule has 0 saturated carbocycles. The van der Waals surface area contributed by atoms with Crippen LogP contribution in [0.5, 0.6) is 0 Å². The quantitative estimate of drug-likeness (QED) is 0.440. The van der Waals surface area contributed by atoms with Gasteiger partial charge in [-0.1, -0.05) is 23.2 Å². The number of hydrogen-bond donors (Lipinski definition) is 0. The second kappa shape index (κ2) is 8.09.